The van der Waals surface area contributed by atoms with Gasteiger partial charge < -0.3 is 15.8 Å². The number of ether oxygens (including phenoxy) is 1. The summed E-state index contributed by atoms with van der Waals surface area (Å²) in [5, 5.41) is 2.81. The van der Waals surface area contributed by atoms with Gasteiger partial charge in [-0.05, 0) is 39.2 Å². The number of hydrogen-bond acceptors (Lipinski definition) is 3. The van der Waals surface area contributed by atoms with Gasteiger partial charge in [0.25, 0.3) is 0 Å². The predicted molar refractivity (Wildman–Crippen MR) is 84.2 cm³/mol. The van der Waals surface area contributed by atoms with Gasteiger partial charge in [0.05, 0.1) is 0 Å². The number of hydrogen-bond donors (Lipinski definition) is 2. The first-order valence-corrected chi connectivity index (χ1v) is 6.64. The van der Waals surface area contributed by atoms with Crippen LogP contribution in [0.4, 0.5) is 4.79 Å². The van der Waals surface area contributed by atoms with Crippen LogP contribution in [0.2, 0.25) is 0 Å². The third-order valence-corrected chi connectivity index (χ3v) is 2.63. The summed E-state index contributed by atoms with van der Waals surface area (Å²) in [5.41, 5.74) is 6.44. The normalized spacial score (nSPS) is 12.2. The van der Waals surface area contributed by atoms with E-state index in [1.807, 2.05) is 39.0 Å². The van der Waals surface area contributed by atoms with Crippen LogP contribution >= 0.6 is 12.4 Å². The van der Waals surface area contributed by atoms with Crippen LogP contribution < -0.4 is 11.1 Å². The van der Waals surface area contributed by atoms with Crippen molar-refractivity contribution in [1.29, 1.82) is 0 Å². The lowest BCUT2D eigenvalue weighted by Gasteiger charge is -2.23. The molecule has 0 fully saturated rings. The van der Waals surface area contributed by atoms with Crippen molar-refractivity contribution in [2.75, 3.05) is 6.54 Å². The van der Waals surface area contributed by atoms with E-state index in [9.17, 15) is 4.79 Å². The molecular formula is C15H25ClN2O2. The molecule has 0 saturated heterocycles. The van der Waals surface area contributed by atoms with Gasteiger partial charge in [0, 0.05) is 12.6 Å². The molecule has 1 amide bonds. The van der Waals surface area contributed by atoms with Crippen LogP contribution in [0.1, 0.15) is 32.8 Å². The molecule has 114 valence electrons. The van der Waals surface area contributed by atoms with Gasteiger partial charge in [-0.15, -0.1) is 12.4 Å². The first kappa shape index (κ1) is 18.7. The molecule has 1 atom stereocenters. The van der Waals surface area contributed by atoms with Crippen molar-refractivity contribution in [3.63, 3.8) is 0 Å². The lowest BCUT2D eigenvalue weighted by molar-refractivity contribution is 0.0503. The highest BCUT2D eigenvalue weighted by molar-refractivity contribution is 5.85. The molecule has 1 aromatic carbocycles. The third kappa shape index (κ3) is 8.02. The molecule has 0 radical (unpaired) electrons. The summed E-state index contributed by atoms with van der Waals surface area (Å²) in [6.45, 7) is 5.93. The maximum Gasteiger partial charge on any atom is 0.407 e. The topological polar surface area (TPSA) is 64.3 Å². The Kier molecular flexibility index (Phi) is 8.26. The number of carbonyl (C=O) groups excluding carboxylic acids is 1. The first-order chi connectivity index (χ1) is 8.90. The maximum atomic E-state index is 11.7. The Morgan fingerprint density at radius 1 is 1.30 bits per heavy atom. The van der Waals surface area contributed by atoms with Gasteiger partial charge in [-0.25, -0.2) is 4.79 Å². The fourth-order valence-corrected chi connectivity index (χ4v) is 1.71. The van der Waals surface area contributed by atoms with E-state index in [2.05, 4.69) is 17.4 Å². The van der Waals surface area contributed by atoms with E-state index < -0.39 is 11.7 Å². The summed E-state index contributed by atoms with van der Waals surface area (Å²) in [4.78, 5) is 11.7. The molecule has 1 rings (SSSR count). The number of amides is 1. The SMILES string of the molecule is CC(C)(C)OC(=O)NC(CN)CCc1ccccc1.Cl. The lowest BCUT2D eigenvalue weighted by atomic mass is 10.1. The summed E-state index contributed by atoms with van der Waals surface area (Å²) in [5.74, 6) is 0. The standard InChI is InChI=1S/C15H24N2O2.ClH/c1-15(2,3)19-14(18)17-13(11-16)10-9-12-7-5-4-6-8-12;/h4-8,13H,9-11,16H2,1-3H3,(H,17,18);1H. The van der Waals surface area contributed by atoms with Gasteiger partial charge in [0.2, 0.25) is 0 Å². The van der Waals surface area contributed by atoms with Crippen molar-refractivity contribution >= 4 is 18.5 Å². The van der Waals surface area contributed by atoms with E-state index in [0.29, 0.717) is 6.54 Å². The molecule has 0 aromatic heterocycles. The van der Waals surface area contributed by atoms with Crippen molar-refractivity contribution in [3.8, 4) is 0 Å². The molecular weight excluding hydrogens is 276 g/mol. The number of halogens is 1. The predicted octanol–water partition coefficient (Wildman–Crippen LogP) is 2.89. The van der Waals surface area contributed by atoms with Crippen LogP contribution in [0.15, 0.2) is 30.3 Å². The van der Waals surface area contributed by atoms with E-state index in [0.717, 1.165) is 12.8 Å². The highest BCUT2D eigenvalue weighted by Gasteiger charge is 2.18. The summed E-state index contributed by atoms with van der Waals surface area (Å²) >= 11 is 0. The number of nitrogens with two attached hydrogens (primary N) is 1. The second kappa shape index (κ2) is 8.82. The Balaban J connectivity index is 0.00000361. The fraction of sp³-hybridized carbons (Fsp3) is 0.533. The van der Waals surface area contributed by atoms with Gasteiger partial charge in [-0.3, -0.25) is 0 Å². The van der Waals surface area contributed by atoms with Crippen LogP contribution in [0.25, 0.3) is 0 Å². The maximum absolute atomic E-state index is 11.7. The van der Waals surface area contributed by atoms with E-state index >= 15 is 0 Å². The summed E-state index contributed by atoms with van der Waals surface area (Å²) < 4.78 is 5.22. The zero-order chi connectivity index (χ0) is 14.3. The Morgan fingerprint density at radius 2 is 1.90 bits per heavy atom. The van der Waals surface area contributed by atoms with E-state index in [1.165, 1.54) is 5.56 Å². The Labute approximate surface area is 127 Å². The average molecular weight is 301 g/mol. The quantitative estimate of drug-likeness (QED) is 0.879. The van der Waals surface area contributed by atoms with Gasteiger partial charge in [-0.2, -0.15) is 0 Å². The van der Waals surface area contributed by atoms with Gasteiger partial charge in [-0.1, -0.05) is 30.3 Å². The first-order valence-electron chi connectivity index (χ1n) is 6.64. The number of nitrogens with one attached hydrogen (secondary N) is 1. The average Bonchev–Trinajstić information content (AvgIpc) is 2.33. The molecule has 0 aliphatic carbocycles. The van der Waals surface area contributed by atoms with Crippen molar-refractivity contribution in [2.45, 2.75) is 45.3 Å². The van der Waals surface area contributed by atoms with Crippen LogP contribution in [0.5, 0.6) is 0 Å². The minimum absolute atomic E-state index is 0. The second-order valence-electron chi connectivity index (χ2n) is 5.60. The molecule has 0 bridgehead atoms. The monoisotopic (exact) mass is 300 g/mol. The molecule has 4 nitrogen and oxygen atoms in total. The molecule has 0 aliphatic heterocycles. The molecule has 20 heavy (non-hydrogen) atoms. The zero-order valence-electron chi connectivity index (χ0n) is 12.4. The Hall–Kier alpha value is -1.26. The van der Waals surface area contributed by atoms with E-state index in [-0.39, 0.29) is 18.4 Å². The minimum atomic E-state index is -0.483. The molecule has 3 N–H and O–H groups in total. The van der Waals surface area contributed by atoms with Crippen molar-refractivity contribution in [1.82, 2.24) is 5.32 Å². The number of alkyl carbamates (subject to hydrolysis) is 1. The second-order valence-corrected chi connectivity index (χ2v) is 5.60. The van der Waals surface area contributed by atoms with Crippen LogP contribution in [0, 0.1) is 0 Å². The number of carbonyl (C=O) groups is 1. The zero-order valence-corrected chi connectivity index (χ0v) is 13.2. The molecule has 0 saturated carbocycles. The van der Waals surface area contributed by atoms with Gasteiger partial charge in [0.1, 0.15) is 5.60 Å². The highest BCUT2D eigenvalue weighted by atomic mass is 35.5. The van der Waals surface area contributed by atoms with Crippen LogP contribution in [0.3, 0.4) is 0 Å². The largest absolute Gasteiger partial charge is 0.444 e. The molecule has 1 aromatic rings. The Bertz CT molecular complexity index is 391. The highest BCUT2D eigenvalue weighted by Crippen LogP contribution is 2.08. The molecule has 5 heteroatoms. The molecule has 0 spiro atoms. The van der Waals surface area contributed by atoms with Crippen molar-refractivity contribution in [3.05, 3.63) is 35.9 Å². The number of rotatable bonds is 5. The lowest BCUT2D eigenvalue weighted by Crippen LogP contribution is -2.43. The van der Waals surface area contributed by atoms with E-state index in [4.69, 9.17) is 10.5 Å². The Morgan fingerprint density at radius 3 is 2.40 bits per heavy atom. The van der Waals surface area contributed by atoms with Gasteiger partial charge >= 0.3 is 6.09 Å². The van der Waals surface area contributed by atoms with Crippen molar-refractivity contribution in [2.24, 2.45) is 5.73 Å². The fourth-order valence-electron chi connectivity index (χ4n) is 1.71. The number of benzene rings is 1. The molecule has 1 unspecified atom stereocenters. The summed E-state index contributed by atoms with van der Waals surface area (Å²) in [6.07, 6.45) is 1.29. The van der Waals surface area contributed by atoms with Crippen LogP contribution in [-0.4, -0.2) is 24.3 Å². The molecule has 0 aliphatic rings. The summed E-state index contributed by atoms with van der Waals surface area (Å²) in [6, 6.07) is 10.1. The van der Waals surface area contributed by atoms with Crippen LogP contribution in [-0.2, 0) is 11.2 Å². The third-order valence-electron chi connectivity index (χ3n) is 2.63. The van der Waals surface area contributed by atoms with E-state index in [1.54, 1.807) is 0 Å². The molecule has 0 heterocycles. The van der Waals surface area contributed by atoms with Gasteiger partial charge in [0.15, 0.2) is 0 Å². The minimum Gasteiger partial charge on any atom is -0.444 e. The number of aryl methyl sites for hydroxylation is 1. The smallest absolute Gasteiger partial charge is 0.407 e. The summed E-state index contributed by atoms with van der Waals surface area (Å²) in [7, 11) is 0. The van der Waals surface area contributed by atoms with Crippen molar-refractivity contribution < 1.29 is 9.53 Å².